The highest BCUT2D eigenvalue weighted by atomic mass is 16.7. The predicted octanol–water partition coefficient (Wildman–Crippen LogP) is 3.02. The molecule has 2 N–H and O–H groups in total. The van der Waals surface area contributed by atoms with Crippen molar-refractivity contribution in [3.05, 3.63) is 48.0 Å². The molecule has 2 amide bonds. The quantitative estimate of drug-likeness (QED) is 0.906. The molecule has 0 unspecified atom stereocenters. The molecule has 122 valence electrons. The predicted molar refractivity (Wildman–Crippen MR) is 88.3 cm³/mol. The number of hydrogen-bond acceptors (Lipinski definition) is 4. The van der Waals surface area contributed by atoms with Crippen LogP contribution in [0.5, 0.6) is 11.5 Å². The highest BCUT2D eigenvalue weighted by molar-refractivity contribution is 6.04. The van der Waals surface area contributed by atoms with Crippen LogP contribution in [0, 0.1) is 5.92 Å². The van der Waals surface area contributed by atoms with Crippen LogP contribution in [0.4, 0.5) is 11.4 Å². The summed E-state index contributed by atoms with van der Waals surface area (Å²) in [6, 6.07) is 12.1. The highest BCUT2D eigenvalue weighted by Gasteiger charge is 2.29. The molecule has 0 bridgehead atoms. The average molecular weight is 324 g/mol. The van der Waals surface area contributed by atoms with Crippen molar-refractivity contribution in [2.24, 2.45) is 5.92 Å². The molecule has 1 aliphatic heterocycles. The van der Waals surface area contributed by atoms with Gasteiger partial charge in [0.15, 0.2) is 11.5 Å². The Kier molecular flexibility index (Phi) is 3.57. The zero-order valence-corrected chi connectivity index (χ0v) is 12.9. The number of anilines is 2. The van der Waals surface area contributed by atoms with E-state index in [2.05, 4.69) is 10.6 Å². The summed E-state index contributed by atoms with van der Waals surface area (Å²) in [6.07, 6.45) is 1.94. The number of carbonyl (C=O) groups is 2. The maximum atomic E-state index is 12.3. The van der Waals surface area contributed by atoms with Gasteiger partial charge in [0.05, 0.1) is 0 Å². The summed E-state index contributed by atoms with van der Waals surface area (Å²) in [4.78, 5) is 24.0. The lowest BCUT2D eigenvalue weighted by Crippen LogP contribution is -2.14. The van der Waals surface area contributed by atoms with Gasteiger partial charge >= 0.3 is 0 Å². The molecule has 24 heavy (non-hydrogen) atoms. The van der Waals surface area contributed by atoms with Crippen LogP contribution in [0.2, 0.25) is 0 Å². The van der Waals surface area contributed by atoms with Gasteiger partial charge in [-0.1, -0.05) is 0 Å². The summed E-state index contributed by atoms with van der Waals surface area (Å²) in [5, 5.41) is 5.68. The lowest BCUT2D eigenvalue weighted by Gasteiger charge is -2.08. The van der Waals surface area contributed by atoms with Crippen LogP contribution in [0.15, 0.2) is 42.5 Å². The monoisotopic (exact) mass is 324 g/mol. The molecular formula is C18H16N2O4. The SMILES string of the molecule is O=C(Nc1ccc(NC(=O)C2CC2)cc1)c1ccc2c(c1)OCO2. The minimum Gasteiger partial charge on any atom is -0.454 e. The van der Waals surface area contributed by atoms with Crippen LogP contribution >= 0.6 is 0 Å². The number of hydrogen-bond donors (Lipinski definition) is 2. The number of benzene rings is 2. The molecule has 2 aliphatic rings. The summed E-state index contributed by atoms with van der Waals surface area (Å²) in [5.41, 5.74) is 1.88. The van der Waals surface area contributed by atoms with Gasteiger partial charge in [0.25, 0.3) is 5.91 Å². The second-order valence-electron chi connectivity index (χ2n) is 5.86. The minimum atomic E-state index is -0.233. The number of fused-ring (bicyclic) bond motifs is 1. The third-order valence-electron chi connectivity index (χ3n) is 3.99. The summed E-state index contributed by atoms with van der Waals surface area (Å²) < 4.78 is 10.5. The molecule has 4 rings (SSSR count). The van der Waals surface area contributed by atoms with Gasteiger partial charge in [0.1, 0.15) is 0 Å². The van der Waals surface area contributed by atoms with Gasteiger partial charge in [-0.25, -0.2) is 0 Å². The standard InChI is InChI=1S/C18H16N2O4/c21-17(11-1-2-11)19-13-4-6-14(7-5-13)20-18(22)12-3-8-15-16(9-12)24-10-23-15/h3-9,11H,1-2,10H2,(H,19,21)(H,20,22). The van der Waals surface area contributed by atoms with Crippen molar-refractivity contribution in [3.63, 3.8) is 0 Å². The number of ether oxygens (including phenoxy) is 2. The Morgan fingerprint density at radius 3 is 2.25 bits per heavy atom. The van der Waals surface area contributed by atoms with Crippen LogP contribution in [-0.4, -0.2) is 18.6 Å². The van der Waals surface area contributed by atoms with Crippen molar-refractivity contribution in [2.75, 3.05) is 17.4 Å². The van der Waals surface area contributed by atoms with Gasteiger partial charge in [-0.05, 0) is 55.3 Å². The van der Waals surface area contributed by atoms with Crippen molar-refractivity contribution in [3.8, 4) is 11.5 Å². The molecule has 2 aromatic rings. The molecule has 0 saturated heterocycles. The Morgan fingerprint density at radius 2 is 1.54 bits per heavy atom. The molecule has 1 aliphatic carbocycles. The van der Waals surface area contributed by atoms with Gasteiger partial charge < -0.3 is 20.1 Å². The van der Waals surface area contributed by atoms with E-state index in [0.29, 0.717) is 22.7 Å². The first kappa shape index (κ1) is 14.6. The molecule has 0 spiro atoms. The third kappa shape index (κ3) is 3.03. The summed E-state index contributed by atoms with van der Waals surface area (Å²) in [6.45, 7) is 0.175. The number of carbonyl (C=O) groups excluding carboxylic acids is 2. The van der Waals surface area contributed by atoms with Crippen LogP contribution < -0.4 is 20.1 Å². The van der Waals surface area contributed by atoms with Crippen LogP contribution in [-0.2, 0) is 4.79 Å². The second kappa shape index (κ2) is 5.88. The summed E-state index contributed by atoms with van der Waals surface area (Å²) in [5.74, 6) is 1.20. The third-order valence-corrected chi connectivity index (χ3v) is 3.99. The van der Waals surface area contributed by atoms with E-state index in [0.717, 1.165) is 18.5 Å². The number of rotatable bonds is 4. The number of amides is 2. The van der Waals surface area contributed by atoms with E-state index in [1.54, 1.807) is 42.5 Å². The van der Waals surface area contributed by atoms with Gasteiger partial charge in [-0.2, -0.15) is 0 Å². The topological polar surface area (TPSA) is 76.7 Å². The Morgan fingerprint density at radius 1 is 0.875 bits per heavy atom. The molecular weight excluding hydrogens is 308 g/mol. The van der Waals surface area contributed by atoms with Gasteiger partial charge in [0.2, 0.25) is 12.7 Å². The number of nitrogens with one attached hydrogen (secondary N) is 2. The molecule has 0 atom stereocenters. The Balaban J connectivity index is 1.41. The van der Waals surface area contributed by atoms with Crippen LogP contribution in [0.25, 0.3) is 0 Å². The average Bonchev–Trinajstić information content (AvgIpc) is 3.34. The maximum absolute atomic E-state index is 12.3. The first-order valence-corrected chi connectivity index (χ1v) is 7.81. The van der Waals surface area contributed by atoms with E-state index in [-0.39, 0.29) is 24.5 Å². The zero-order chi connectivity index (χ0) is 16.5. The molecule has 1 heterocycles. The van der Waals surface area contributed by atoms with Crippen molar-refractivity contribution in [1.82, 2.24) is 0 Å². The fraction of sp³-hybridized carbons (Fsp3) is 0.222. The van der Waals surface area contributed by atoms with Crippen LogP contribution in [0.3, 0.4) is 0 Å². The molecule has 1 saturated carbocycles. The van der Waals surface area contributed by atoms with Gasteiger partial charge in [-0.3, -0.25) is 9.59 Å². The second-order valence-corrected chi connectivity index (χ2v) is 5.86. The first-order chi connectivity index (χ1) is 11.7. The molecule has 0 aromatic heterocycles. The van der Waals surface area contributed by atoms with E-state index in [1.165, 1.54) is 0 Å². The van der Waals surface area contributed by atoms with Crippen molar-refractivity contribution in [1.29, 1.82) is 0 Å². The van der Waals surface area contributed by atoms with Crippen molar-refractivity contribution in [2.45, 2.75) is 12.8 Å². The summed E-state index contributed by atoms with van der Waals surface area (Å²) in [7, 11) is 0. The maximum Gasteiger partial charge on any atom is 0.255 e. The van der Waals surface area contributed by atoms with Gasteiger partial charge in [-0.15, -0.1) is 0 Å². The smallest absolute Gasteiger partial charge is 0.255 e. The normalized spacial score (nSPS) is 15.0. The van der Waals surface area contributed by atoms with Crippen molar-refractivity contribution >= 4 is 23.2 Å². The fourth-order valence-electron chi connectivity index (χ4n) is 2.47. The Labute approximate surface area is 138 Å². The Hall–Kier alpha value is -3.02. The molecule has 1 fully saturated rings. The molecule has 0 radical (unpaired) electrons. The van der Waals surface area contributed by atoms with Gasteiger partial charge in [0, 0.05) is 22.9 Å². The lowest BCUT2D eigenvalue weighted by molar-refractivity contribution is -0.117. The fourth-order valence-corrected chi connectivity index (χ4v) is 2.47. The first-order valence-electron chi connectivity index (χ1n) is 7.81. The zero-order valence-electron chi connectivity index (χ0n) is 12.9. The van der Waals surface area contributed by atoms with Crippen molar-refractivity contribution < 1.29 is 19.1 Å². The summed E-state index contributed by atoms with van der Waals surface area (Å²) >= 11 is 0. The Bertz CT molecular complexity index is 797. The largest absolute Gasteiger partial charge is 0.454 e. The van der Waals surface area contributed by atoms with E-state index >= 15 is 0 Å². The van der Waals surface area contributed by atoms with Crippen LogP contribution in [0.1, 0.15) is 23.2 Å². The molecule has 6 heteroatoms. The minimum absolute atomic E-state index is 0.0622. The molecule has 6 nitrogen and oxygen atoms in total. The lowest BCUT2D eigenvalue weighted by atomic mass is 10.2. The van der Waals surface area contributed by atoms with E-state index in [1.807, 2.05) is 0 Å². The van der Waals surface area contributed by atoms with E-state index < -0.39 is 0 Å². The molecule has 2 aromatic carbocycles. The highest BCUT2D eigenvalue weighted by Crippen LogP contribution is 2.33. The van der Waals surface area contributed by atoms with E-state index in [4.69, 9.17) is 9.47 Å². The van der Waals surface area contributed by atoms with E-state index in [9.17, 15) is 9.59 Å².